The first-order valence-electron chi connectivity index (χ1n) is 4.81. The maximum Gasteiger partial charge on any atom is 0.133 e. The Bertz CT molecular complexity index is 382. The van der Waals surface area contributed by atoms with E-state index in [1.165, 1.54) is 12.1 Å². The molecule has 0 amide bonds. The molecule has 0 spiro atoms. The first kappa shape index (κ1) is 11.5. The third kappa shape index (κ3) is 2.69. The van der Waals surface area contributed by atoms with Gasteiger partial charge in [0.25, 0.3) is 0 Å². The Balaban J connectivity index is 3.10. The number of ether oxygens (including phenoxy) is 1. The van der Waals surface area contributed by atoms with Gasteiger partial charge in [0.2, 0.25) is 0 Å². The average molecular weight is 206 g/mol. The molecule has 1 aromatic carbocycles. The van der Waals surface area contributed by atoms with Crippen molar-refractivity contribution in [3.05, 3.63) is 53.6 Å². The topological polar surface area (TPSA) is 9.23 Å². The van der Waals surface area contributed by atoms with E-state index in [4.69, 9.17) is 4.74 Å². The molecule has 1 rings (SSSR count). The molecule has 0 saturated heterocycles. The molecule has 0 N–H and O–H groups in total. The smallest absolute Gasteiger partial charge is 0.133 e. The van der Waals surface area contributed by atoms with Crippen molar-refractivity contribution in [2.24, 2.45) is 0 Å². The molecule has 2 heteroatoms. The molecule has 1 aromatic rings. The fourth-order valence-electron chi connectivity index (χ4n) is 1.39. The van der Waals surface area contributed by atoms with Crippen LogP contribution in [-0.4, -0.2) is 0 Å². The summed E-state index contributed by atoms with van der Waals surface area (Å²) in [5.74, 6) is 1.13. The van der Waals surface area contributed by atoms with Gasteiger partial charge < -0.3 is 4.74 Å². The van der Waals surface area contributed by atoms with Gasteiger partial charge in [0.05, 0.1) is 0 Å². The zero-order valence-corrected chi connectivity index (χ0v) is 9.30. The third-order valence-corrected chi connectivity index (χ3v) is 2.13. The van der Waals surface area contributed by atoms with E-state index in [-0.39, 0.29) is 5.82 Å². The van der Waals surface area contributed by atoms with E-state index in [9.17, 15) is 4.39 Å². The van der Waals surface area contributed by atoms with E-state index in [0.717, 1.165) is 11.1 Å². The summed E-state index contributed by atoms with van der Waals surface area (Å²) >= 11 is 0. The van der Waals surface area contributed by atoms with Crippen LogP contribution >= 0.6 is 0 Å². The molecule has 80 valence electrons. The van der Waals surface area contributed by atoms with Gasteiger partial charge in [0.1, 0.15) is 17.3 Å². The summed E-state index contributed by atoms with van der Waals surface area (Å²) in [7, 11) is 0. The Morgan fingerprint density at radius 1 is 1.33 bits per heavy atom. The van der Waals surface area contributed by atoms with Crippen LogP contribution in [0.2, 0.25) is 0 Å². The zero-order chi connectivity index (χ0) is 11.4. The molecule has 0 atom stereocenters. The normalized spacial score (nSPS) is 11.3. The first-order valence-corrected chi connectivity index (χ1v) is 4.81. The van der Waals surface area contributed by atoms with E-state index < -0.39 is 0 Å². The van der Waals surface area contributed by atoms with Gasteiger partial charge in [0, 0.05) is 0 Å². The summed E-state index contributed by atoms with van der Waals surface area (Å²) in [5.41, 5.74) is 1.57. The van der Waals surface area contributed by atoms with Crippen LogP contribution in [0, 0.1) is 19.7 Å². The second-order valence-electron chi connectivity index (χ2n) is 3.37. The average Bonchev–Trinajstić information content (AvgIpc) is 2.17. The summed E-state index contributed by atoms with van der Waals surface area (Å²) in [6.07, 6.45) is 3.44. The number of aryl methyl sites for hydroxylation is 2. The van der Waals surface area contributed by atoms with Crippen molar-refractivity contribution in [1.82, 2.24) is 0 Å². The third-order valence-electron chi connectivity index (χ3n) is 2.13. The van der Waals surface area contributed by atoms with Crippen molar-refractivity contribution < 1.29 is 9.13 Å². The van der Waals surface area contributed by atoms with Gasteiger partial charge >= 0.3 is 0 Å². The molecule has 1 nitrogen and oxygen atoms in total. The zero-order valence-electron chi connectivity index (χ0n) is 9.30. The van der Waals surface area contributed by atoms with Gasteiger partial charge in [-0.15, -0.1) is 0 Å². The molecule has 0 radical (unpaired) electrons. The monoisotopic (exact) mass is 206 g/mol. The molecule has 0 aliphatic rings. The lowest BCUT2D eigenvalue weighted by Gasteiger charge is -2.12. The predicted octanol–water partition coefficient (Wildman–Crippen LogP) is 3.91. The van der Waals surface area contributed by atoms with Crippen LogP contribution in [-0.2, 0) is 0 Å². The maximum atomic E-state index is 13.0. The van der Waals surface area contributed by atoms with Crippen molar-refractivity contribution in [1.29, 1.82) is 0 Å². The molecular weight excluding hydrogens is 191 g/mol. The second kappa shape index (κ2) is 4.78. The largest absolute Gasteiger partial charge is 0.457 e. The molecule has 0 aromatic heterocycles. The molecule has 0 fully saturated rings. The predicted molar refractivity (Wildman–Crippen MR) is 60.5 cm³/mol. The van der Waals surface area contributed by atoms with Crippen LogP contribution in [0.4, 0.5) is 4.39 Å². The van der Waals surface area contributed by atoms with E-state index in [1.807, 2.05) is 26.8 Å². The molecule has 0 saturated carbocycles. The van der Waals surface area contributed by atoms with Gasteiger partial charge in [-0.2, -0.15) is 0 Å². The number of hydrogen-bond donors (Lipinski definition) is 0. The standard InChI is InChI=1S/C13H15FO/c1-5-12(6-2)15-13-9(3)7-11(14)8-10(13)4/h5-8H,1H2,2-4H3/b12-6-. The van der Waals surface area contributed by atoms with Crippen molar-refractivity contribution in [3.63, 3.8) is 0 Å². The van der Waals surface area contributed by atoms with E-state index in [0.29, 0.717) is 11.5 Å². The first-order chi connectivity index (χ1) is 7.08. The van der Waals surface area contributed by atoms with E-state index in [2.05, 4.69) is 6.58 Å². The molecule has 0 aliphatic heterocycles. The van der Waals surface area contributed by atoms with Crippen LogP contribution in [0.5, 0.6) is 5.75 Å². The van der Waals surface area contributed by atoms with Crippen molar-refractivity contribution in [2.45, 2.75) is 20.8 Å². The van der Waals surface area contributed by atoms with Crippen LogP contribution in [0.1, 0.15) is 18.1 Å². The fraction of sp³-hybridized carbons (Fsp3) is 0.231. The number of hydrogen-bond acceptors (Lipinski definition) is 1. The van der Waals surface area contributed by atoms with Gasteiger partial charge in [-0.25, -0.2) is 4.39 Å². The van der Waals surface area contributed by atoms with Gasteiger partial charge in [-0.3, -0.25) is 0 Å². The number of benzene rings is 1. The van der Waals surface area contributed by atoms with Gasteiger partial charge in [-0.05, 0) is 56.2 Å². The second-order valence-corrected chi connectivity index (χ2v) is 3.37. The highest BCUT2D eigenvalue weighted by molar-refractivity contribution is 5.42. The Kier molecular flexibility index (Phi) is 3.67. The van der Waals surface area contributed by atoms with Crippen molar-refractivity contribution in [2.75, 3.05) is 0 Å². The highest BCUT2D eigenvalue weighted by Gasteiger charge is 2.07. The summed E-state index contributed by atoms with van der Waals surface area (Å²) in [5, 5.41) is 0. The van der Waals surface area contributed by atoms with E-state index in [1.54, 1.807) is 6.08 Å². The molecule has 15 heavy (non-hydrogen) atoms. The minimum atomic E-state index is -0.238. The van der Waals surface area contributed by atoms with Crippen LogP contribution < -0.4 is 4.74 Å². The minimum Gasteiger partial charge on any atom is -0.457 e. The fourth-order valence-corrected chi connectivity index (χ4v) is 1.39. The van der Waals surface area contributed by atoms with Crippen molar-refractivity contribution in [3.8, 4) is 5.75 Å². The molecular formula is C13H15FO. The molecule has 0 bridgehead atoms. The number of allylic oxidation sites excluding steroid dienone is 2. The minimum absolute atomic E-state index is 0.238. The summed E-state index contributed by atoms with van der Waals surface area (Å²) in [6.45, 7) is 9.15. The Morgan fingerprint density at radius 2 is 1.87 bits per heavy atom. The number of rotatable bonds is 3. The quantitative estimate of drug-likeness (QED) is 0.538. The molecule has 0 aliphatic carbocycles. The summed E-state index contributed by atoms with van der Waals surface area (Å²) in [4.78, 5) is 0. The van der Waals surface area contributed by atoms with Crippen LogP contribution in [0.3, 0.4) is 0 Å². The van der Waals surface area contributed by atoms with Crippen molar-refractivity contribution >= 4 is 0 Å². The Morgan fingerprint density at radius 3 is 2.27 bits per heavy atom. The Labute approximate surface area is 89.9 Å². The highest BCUT2D eigenvalue weighted by atomic mass is 19.1. The Hall–Kier alpha value is -1.57. The summed E-state index contributed by atoms with van der Waals surface area (Å²) < 4.78 is 18.6. The molecule has 0 heterocycles. The maximum absolute atomic E-state index is 13.0. The molecule has 0 unspecified atom stereocenters. The van der Waals surface area contributed by atoms with Crippen LogP contribution in [0.25, 0.3) is 0 Å². The lowest BCUT2D eigenvalue weighted by atomic mass is 10.1. The van der Waals surface area contributed by atoms with Gasteiger partial charge in [-0.1, -0.05) is 6.58 Å². The van der Waals surface area contributed by atoms with Crippen LogP contribution in [0.15, 0.2) is 36.6 Å². The van der Waals surface area contributed by atoms with Gasteiger partial charge in [0.15, 0.2) is 0 Å². The number of halogens is 1. The summed E-state index contributed by atoms with van der Waals surface area (Å²) in [6, 6.07) is 2.91. The lowest BCUT2D eigenvalue weighted by molar-refractivity contribution is 0.435. The SMILES string of the molecule is C=C/C(=C/C)Oc1c(C)cc(F)cc1C. The van der Waals surface area contributed by atoms with E-state index >= 15 is 0 Å². The lowest BCUT2D eigenvalue weighted by Crippen LogP contribution is -1.97. The highest BCUT2D eigenvalue weighted by Crippen LogP contribution is 2.26.